The predicted molar refractivity (Wildman–Crippen MR) is 93.3 cm³/mol. The van der Waals surface area contributed by atoms with Crippen molar-refractivity contribution < 1.29 is 13.9 Å². The highest BCUT2D eigenvalue weighted by Gasteiger charge is 2.27. The smallest absolute Gasteiger partial charge is 0.317 e. The van der Waals surface area contributed by atoms with E-state index in [4.69, 9.17) is 4.74 Å². The average Bonchev–Trinajstić information content (AvgIpc) is 3.38. The number of amides is 2. The first kappa shape index (κ1) is 18.8. The van der Waals surface area contributed by atoms with Crippen molar-refractivity contribution in [2.45, 2.75) is 25.3 Å². The second-order valence-corrected chi connectivity index (χ2v) is 6.21. The minimum Gasteiger partial charge on any atom is -0.494 e. The van der Waals surface area contributed by atoms with E-state index in [0.717, 1.165) is 52.0 Å². The Morgan fingerprint density at radius 1 is 1.17 bits per heavy atom. The van der Waals surface area contributed by atoms with Crippen LogP contribution in [0, 0.1) is 5.82 Å². The van der Waals surface area contributed by atoms with Crippen LogP contribution in [0.2, 0.25) is 0 Å². The number of urea groups is 1. The Morgan fingerprint density at radius 2 is 1.83 bits per heavy atom. The molecule has 1 aliphatic carbocycles. The van der Waals surface area contributed by atoms with Crippen LogP contribution < -0.4 is 10.1 Å². The number of carbonyl (C=O) groups is 1. The molecule has 1 saturated carbocycles. The Kier molecular flexibility index (Phi) is 7.12. The summed E-state index contributed by atoms with van der Waals surface area (Å²) in [6.07, 6.45) is 3.17. The van der Waals surface area contributed by atoms with Crippen LogP contribution >= 0.6 is 12.4 Å². The Bertz CT molecular complexity index is 517. The lowest BCUT2D eigenvalue weighted by Crippen LogP contribution is -2.52. The van der Waals surface area contributed by atoms with Gasteiger partial charge in [0, 0.05) is 38.8 Å². The zero-order valence-corrected chi connectivity index (χ0v) is 14.6. The van der Waals surface area contributed by atoms with E-state index in [1.165, 1.54) is 12.1 Å². The van der Waals surface area contributed by atoms with Crippen LogP contribution in [0.1, 0.15) is 19.3 Å². The molecule has 7 heteroatoms. The summed E-state index contributed by atoms with van der Waals surface area (Å²) in [6, 6.07) is 6.61. The number of hydrogen-bond acceptors (Lipinski definition) is 3. The summed E-state index contributed by atoms with van der Waals surface area (Å²) in [6.45, 7) is 4.98. The van der Waals surface area contributed by atoms with E-state index in [1.54, 1.807) is 12.1 Å². The molecule has 3 rings (SSSR count). The number of piperazine rings is 1. The van der Waals surface area contributed by atoms with Crippen LogP contribution in [-0.4, -0.2) is 61.2 Å². The van der Waals surface area contributed by atoms with Gasteiger partial charge in [-0.15, -0.1) is 12.4 Å². The number of carbonyl (C=O) groups excluding carboxylic acids is 1. The largest absolute Gasteiger partial charge is 0.494 e. The topological polar surface area (TPSA) is 44.8 Å². The van der Waals surface area contributed by atoms with Crippen LogP contribution in [0.4, 0.5) is 9.18 Å². The molecule has 1 N–H and O–H groups in total. The Morgan fingerprint density at radius 3 is 2.46 bits per heavy atom. The summed E-state index contributed by atoms with van der Waals surface area (Å²) in [5.74, 6) is 0.453. The molecule has 0 atom stereocenters. The maximum atomic E-state index is 12.8. The van der Waals surface area contributed by atoms with Gasteiger partial charge in [-0.25, -0.2) is 9.18 Å². The highest BCUT2D eigenvalue weighted by Crippen LogP contribution is 2.19. The van der Waals surface area contributed by atoms with Crippen molar-refractivity contribution in [3.8, 4) is 5.75 Å². The molecule has 5 nitrogen and oxygen atoms in total. The molecule has 1 aromatic rings. The fourth-order valence-electron chi connectivity index (χ4n) is 2.68. The van der Waals surface area contributed by atoms with Gasteiger partial charge in [0.1, 0.15) is 11.6 Å². The van der Waals surface area contributed by atoms with Crippen molar-refractivity contribution in [1.82, 2.24) is 15.1 Å². The van der Waals surface area contributed by atoms with E-state index in [9.17, 15) is 9.18 Å². The summed E-state index contributed by atoms with van der Waals surface area (Å²) in [5, 5.41) is 3.03. The lowest BCUT2D eigenvalue weighted by atomic mass is 10.3. The summed E-state index contributed by atoms with van der Waals surface area (Å²) in [4.78, 5) is 16.2. The molecule has 0 radical (unpaired) electrons. The van der Waals surface area contributed by atoms with Gasteiger partial charge in [-0.1, -0.05) is 0 Å². The number of halogens is 2. The van der Waals surface area contributed by atoms with Gasteiger partial charge in [0.25, 0.3) is 0 Å². The second-order valence-electron chi connectivity index (χ2n) is 6.21. The molecule has 2 aliphatic rings. The highest BCUT2D eigenvalue weighted by atomic mass is 35.5. The van der Waals surface area contributed by atoms with Crippen LogP contribution in [-0.2, 0) is 0 Å². The molecule has 0 spiro atoms. The summed E-state index contributed by atoms with van der Waals surface area (Å²) < 4.78 is 18.4. The molecule has 24 heavy (non-hydrogen) atoms. The van der Waals surface area contributed by atoms with Gasteiger partial charge in [-0.3, -0.25) is 4.90 Å². The zero-order chi connectivity index (χ0) is 16.1. The molecule has 2 fully saturated rings. The Balaban J connectivity index is 0.00000208. The number of rotatable bonds is 6. The molecule has 0 bridgehead atoms. The zero-order valence-electron chi connectivity index (χ0n) is 13.7. The van der Waals surface area contributed by atoms with Gasteiger partial charge >= 0.3 is 6.03 Å². The van der Waals surface area contributed by atoms with Crippen molar-refractivity contribution >= 4 is 18.4 Å². The summed E-state index contributed by atoms with van der Waals surface area (Å²) in [5.41, 5.74) is 0. The number of benzene rings is 1. The van der Waals surface area contributed by atoms with Gasteiger partial charge in [0.15, 0.2) is 0 Å². The van der Waals surface area contributed by atoms with Gasteiger partial charge in [0.05, 0.1) is 6.61 Å². The standard InChI is InChI=1S/C17H24FN3O2.ClH/c18-14-2-6-16(7-3-14)23-13-1-8-20-9-11-21(12-10-20)17(22)19-15-4-5-15;/h2-3,6-7,15H,1,4-5,8-13H2,(H,19,22);1H. The van der Waals surface area contributed by atoms with Gasteiger partial charge in [0.2, 0.25) is 0 Å². The van der Waals surface area contributed by atoms with E-state index in [-0.39, 0.29) is 24.3 Å². The fourth-order valence-corrected chi connectivity index (χ4v) is 2.68. The Labute approximate surface area is 148 Å². The highest BCUT2D eigenvalue weighted by molar-refractivity contribution is 5.85. The summed E-state index contributed by atoms with van der Waals surface area (Å²) >= 11 is 0. The number of hydrogen-bond donors (Lipinski definition) is 1. The maximum absolute atomic E-state index is 12.8. The lowest BCUT2D eigenvalue weighted by Gasteiger charge is -2.34. The SMILES string of the molecule is Cl.O=C(NC1CC1)N1CCN(CCCOc2ccc(F)cc2)CC1. The second kappa shape index (κ2) is 9.08. The number of ether oxygens (including phenoxy) is 1. The number of nitrogens with zero attached hydrogens (tertiary/aromatic N) is 2. The van der Waals surface area contributed by atoms with Crippen LogP contribution in [0.5, 0.6) is 5.75 Å². The van der Waals surface area contributed by atoms with Crippen LogP contribution in [0.3, 0.4) is 0 Å². The van der Waals surface area contributed by atoms with Crippen molar-refractivity contribution in [1.29, 1.82) is 0 Å². The molecule has 1 saturated heterocycles. The van der Waals surface area contributed by atoms with Gasteiger partial charge in [-0.05, 0) is 43.5 Å². The first-order valence-corrected chi connectivity index (χ1v) is 8.37. The van der Waals surface area contributed by atoms with Crippen LogP contribution in [0.15, 0.2) is 24.3 Å². The Hall–Kier alpha value is -1.53. The summed E-state index contributed by atoms with van der Waals surface area (Å²) in [7, 11) is 0. The maximum Gasteiger partial charge on any atom is 0.317 e. The first-order chi connectivity index (χ1) is 11.2. The van der Waals surface area contributed by atoms with E-state index < -0.39 is 0 Å². The normalized spacial score (nSPS) is 18.0. The average molecular weight is 358 g/mol. The van der Waals surface area contributed by atoms with Crippen molar-refractivity contribution in [3.05, 3.63) is 30.1 Å². The molecular weight excluding hydrogens is 333 g/mol. The van der Waals surface area contributed by atoms with E-state index in [2.05, 4.69) is 10.2 Å². The molecule has 0 aromatic heterocycles. The molecular formula is C17H25ClFN3O2. The third-order valence-electron chi connectivity index (χ3n) is 4.27. The van der Waals surface area contributed by atoms with Crippen molar-refractivity contribution in [3.63, 3.8) is 0 Å². The quantitative estimate of drug-likeness (QED) is 0.796. The third kappa shape index (κ3) is 5.83. The molecule has 2 amide bonds. The molecule has 1 aromatic carbocycles. The minimum absolute atomic E-state index is 0. The molecule has 1 aliphatic heterocycles. The molecule has 134 valence electrons. The third-order valence-corrected chi connectivity index (χ3v) is 4.27. The van der Waals surface area contributed by atoms with Crippen LogP contribution in [0.25, 0.3) is 0 Å². The van der Waals surface area contributed by atoms with E-state index >= 15 is 0 Å². The predicted octanol–water partition coefficient (Wildman–Crippen LogP) is 2.51. The first-order valence-electron chi connectivity index (χ1n) is 8.37. The van der Waals surface area contributed by atoms with Crippen molar-refractivity contribution in [2.24, 2.45) is 0 Å². The van der Waals surface area contributed by atoms with Gasteiger partial charge in [-0.2, -0.15) is 0 Å². The number of nitrogens with one attached hydrogen (secondary N) is 1. The van der Waals surface area contributed by atoms with Gasteiger partial charge < -0.3 is 15.0 Å². The van der Waals surface area contributed by atoms with Crippen molar-refractivity contribution in [2.75, 3.05) is 39.3 Å². The molecule has 1 heterocycles. The fraction of sp³-hybridized carbons (Fsp3) is 0.588. The molecule has 0 unspecified atom stereocenters. The van der Waals surface area contributed by atoms with E-state index in [0.29, 0.717) is 18.4 Å². The minimum atomic E-state index is -0.249. The van der Waals surface area contributed by atoms with E-state index in [1.807, 2.05) is 4.90 Å². The lowest BCUT2D eigenvalue weighted by molar-refractivity contribution is 0.134. The monoisotopic (exact) mass is 357 g/mol.